The third kappa shape index (κ3) is 3.98. The fourth-order valence-corrected chi connectivity index (χ4v) is 2.61. The summed E-state index contributed by atoms with van der Waals surface area (Å²) in [7, 11) is 1.91. The predicted octanol–water partition coefficient (Wildman–Crippen LogP) is 1.99. The van der Waals surface area contributed by atoms with Crippen molar-refractivity contribution < 1.29 is 14.1 Å². The highest BCUT2D eigenvalue weighted by Gasteiger charge is 2.22. The second-order valence-electron chi connectivity index (χ2n) is 5.27. The standard InChI is InChI=1S/C14H18FN3O3/c1-16-11-2-4-12(5-3-11)17-14(19)9-6-10(15)8-13(7-9)18(20)21/h6-8,11-12,16H,2-5H2,1H3,(H,17,19). The first-order valence-corrected chi connectivity index (χ1v) is 6.92. The number of rotatable bonds is 4. The number of amides is 1. The fourth-order valence-electron chi connectivity index (χ4n) is 2.61. The highest BCUT2D eigenvalue weighted by atomic mass is 19.1. The van der Waals surface area contributed by atoms with E-state index in [1.807, 2.05) is 7.05 Å². The highest BCUT2D eigenvalue weighted by Crippen LogP contribution is 2.20. The molecule has 1 saturated carbocycles. The molecule has 0 spiro atoms. The number of nitrogens with zero attached hydrogens (tertiary/aromatic N) is 1. The van der Waals surface area contributed by atoms with Crippen molar-refractivity contribution in [2.45, 2.75) is 37.8 Å². The number of nitrogens with one attached hydrogen (secondary N) is 2. The normalized spacial score (nSPS) is 21.8. The van der Waals surface area contributed by atoms with Crippen LogP contribution >= 0.6 is 0 Å². The highest BCUT2D eigenvalue weighted by molar-refractivity contribution is 5.95. The van der Waals surface area contributed by atoms with Crippen LogP contribution in [0.2, 0.25) is 0 Å². The number of hydrogen-bond acceptors (Lipinski definition) is 4. The molecule has 1 aromatic rings. The van der Waals surface area contributed by atoms with E-state index in [-0.39, 0.29) is 11.6 Å². The summed E-state index contributed by atoms with van der Waals surface area (Å²) >= 11 is 0. The van der Waals surface area contributed by atoms with Crippen LogP contribution in [0, 0.1) is 15.9 Å². The largest absolute Gasteiger partial charge is 0.349 e. The molecular formula is C14H18FN3O3. The first-order chi connectivity index (χ1) is 9.99. The summed E-state index contributed by atoms with van der Waals surface area (Å²) < 4.78 is 13.3. The second kappa shape index (κ2) is 6.62. The maximum absolute atomic E-state index is 13.3. The van der Waals surface area contributed by atoms with Crippen molar-refractivity contribution in [3.63, 3.8) is 0 Å². The van der Waals surface area contributed by atoms with Crippen molar-refractivity contribution in [1.82, 2.24) is 10.6 Å². The van der Waals surface area contributed by atoms with E-state index in [0.717, 1.165) is 43.9 Å². The van der Waals surface area contributed by atoms with Gasteiger partial charge in [0, 0.05) is 23.7 Å². The molecule has 0 radical (unpaired) electrons. The molecule has 0 aromatic heterocycles. The van der Waals surface area contributed by atoms with E-state index in [9.17, 15) is 19.3 Å². The van der Waals surface area contributed by atoms with Crippen LogP contribution in [0.15, 0.2) is 18.2 Å². The van der Waals surface area contributed by atoms with Crippen molar-refractivity contribution in [2.75, 3.05) is 7.05 Å². The zero-order valence-corrected chi connectivity index (χ0v) is 11.8. The summed E-state index contributed by atoms with van der Waals surface area (Å²) in [6.07, 6.45) is 3.61. The number of carbonyl (C=O) groups is 1. The molecule has 1 aliphatic rings. The van der Waals surface area contributed by atoms with Gasteiger partial charge in [0.05, 0.1) is 11.0 Å². The molecule has 0 aliphatic heterocycles. The Morgan fingerprint density at radius 3 is 2.43 bits per heavy atom. The molecular weight excluding hydrogens is 277 g/mol. The third-order valence-corrected chi connectivity index (χ3v) is 3.83. The van der Waals surface area contributed by atoms with Gasteiger partial charge in [0.15, 0.2) is 0 Å². The Morgan fingerprint density at radius 2 is 1.86 bits per heavy atom. The minimum absolute atomic E-state index is 0.0163. The molecule has 7 heteroatoms. The van der Waals surface area contributed by atoms with Gasteiger partial charge in [0.2, 0.25) is 0 Å². The van der Waals surface area contributed by atoms with Gasteiger partial charge in [-0.05, 0) is 38.8 Å². The number of nitro groups is 1. The molecule has 1 aromatic carbocycles. The van der Waals surface area contributed by atoms with Gasteiger partial charge in [-0.3, -0.25) is 14.9 Å². The van der Waals surface area contributed by atoms with Crippen LogP contribution in [-0.2, 0) is 0 Å². The van der Waals surface area contributed by atoms with Gasteiger partial charge in [-0.15, -0.1) is 0 Å². The van der Waals surface area contributed by atoms with E-state index < -0.39 is 22.3 Å². The van der Waals surface area contributed by atoms with Crippen LogP contribution in [0.25, 0.3) is 0 Å². The first kappa shape index (κ1) is 15.4. The molecule has 1 amide bonds. The number of benzene rings is 1. The molecule has 2 N–H and O–H groups in total. The average molecular weight is 295 g/mol. The summed E-state index contributed by atoms with van der Waals surface area (Å²) in [5.41, 5.74) is -0.434. The first-order valence-electron chi connectivity index (χ1n) is 6.92. The van der Waals surface area contributed by atoms with Gasteiger partial charge in [0.25, 0.3) is 11.6 Å². The van der Waals surface area contributed by atoms with Gasteiger partial charge in [0.1, 0.15) is 5.82 Å². The lowest BCUT2D eigenvalue weighted by Crippen LogP contribution is -2.41. The third-order valence-electron chi connectivity index (χ3n) is 3.83. The number of non-ortho nitro benzene ring substituents is 1. The Balaban J connectivity index is 2.02. The smallest absolute Gasteiger partial charge is 0.273 e. The minimum atomic E-state index is -0.784. The fraction of sp³-hybridized carbons (Fsp3) is 0.500. The van der Waals surface area contributed by atoms with Crippen LogP contribution in [-0.4, -0.2) is 30.0 Å². The van der Waals surface area contributed by atoms with Crippen LogP contribution in [0.3, 0.4) is 0 Å². The van der Waals surface area contributed by atoms with E-state index in [2.05, 4.69) is 10.6 Å². The molecule has 6 nitrogen and oxygen atoms in total. The van der Waals surface area contributed by atoms with Crippen LogP contribution in [0.1, 0.15) is 36.0 Å². The van der Waals surface area contributed by atoms with Gasteiger partial charge < -0.3 is 10.6 Å². The minimum Gasteiger partial charge on any atom is -0.349 e. The predicted molar refractivity (Wildman–Crippen MR) is 75.6 cm³/mol. The molecule has 21 heavy (non-hydrogen) atoms. The molecule has 0 saturated heterocycles. The summed E-state index contributed by atoms with van der Waals surface area (Å²) in [5, 5.41) is 16.7. The molecule has 114 valence electrons. The second-order valence-corrected chi connectivity index (χ2v) is 5.27. The summed E-state index contributed by atoms with van der Waals surface area (Å²) in [5.74, 6) is -1.25. The van der Waals surface area contributed by atoms with Crippen molar-refractivity contribution in [3.8, 4) is 0 Å². The number of hydrogen-bond donors (Lipinski definition) is 2. The molecule has 1 fully saturated rings. The van der Waals surface area contributed by atoms with Gasteiger partial charge in [-0.2, -0.15) is 0 Å². The van der Waals surface area contributed by atoms with Crippen molar-refractivity contribution >= 4 is 11.6 Å². The van der Waals surface area contributed by atoms with Gasteiger partial charge in [-0.25, -0.2) is 4.39 Å². The Morgan fingerprint density at radius 1 is 1.24 bits per heavy atom. The molecule has 0 heterocycles. The number of halogens is 1. The monoisotopic (exact) mass is 295 g/mol. The Labute approximate surface area is 121 Å². The zero-order valence-electron chi connectivity index (χ0n) is 11.8. The summed E-state index contributed by atoms with van der Waals surface area (Å²) in [6, 6.07) is 3.41. The van der Waals surface area contributed by atoms with Crippen LogP contribution < -0.4 is 10.6 Å². The maximum atomic E-state index is 13.3. The van der Waals surface area contributed by atoms with Crippen LogP contribution in [0.4, 0.5) is 10.1 Å². The summed E-state index contributed by atoms with van der Waals surface area (Å²) in [4.78, 5) is 22.1. The quantitative estimate of drug-likeness (QED) is 0.657. The van der Waals surface area contributed by atoms with Gasteiger partial charge in [-0.1, -0.05) is 0 Å². The van der Waals surface area contributed by atoms with E-state index in [4.69, 9.17) is 0 Å². The van der Waals surface area contributed by atoms with E-state index in [1.165, 1.54) is 0 Å². The number of nitro benzene ring substituents is 1. The molecule has 0 unspecified atom stereocenters. The lowest BCUT2D eigenvalue weighted by molar-refractivity contribution is -0.385. The van der Waals surface area contributed by atoms with E-state index in [1.54, 1.807) is 0 Å². The van der Waals surface area contributed by atoms with Gasteiger partial charge >= 0.3 is 0 Å². The molecule has 2 rings (SSSR count). The van der Waals surface area contributed by atoms with Crippen molar-refractivity contribution in [2.24, 2.45) is 0 Å². The molecule has 0 bridgehead atoms. The van der Waals surface area contributed by atoms with E-state index >= 15 is 0 Å². The Kier molecular flexibility index (Phi) is 4.85. The Bertz CT molecular complexity index is 542. The van der Waals surface area contributed by atoms with Crippen LogP contribution in [0.5, 0.6) is 0 Å². The SMILES string of the molecule is CNC1CCC(NC(=O)c2cc(F)cc([N+](=O)[O-])c2)CC1. The maximum Gasteiger partial charge on any atom is 0.273 e. The lowest BCUT2D eigenvalue weighted by Gasteiger charge is -2.28. The molecule has 0 atom stereocenters. The number of carbonyl (C=O) groups excluding carboxylic acids is 1. The van der Waals surface area contributed by atoms with Crippen molar-refractivity contribution in [3.05, 3.63) is 39.7 Å². The average Bonchev–Trinajstić information content (AvgIpc) is 2.47. The summed E-state index contributed by atoms with van der Waals surface area (Å²) in [6.45, 7) is 0. The Hall–Kier alpha value is -2.02. The molecule has 1 aliphatic carbocycles. The van der Waals surface area contributed by atoms with Crippen molar-refractivity contribution in [1.29, 1.82) is 0 Å². The topological polar surface area (TPSA) is 84.3 Å². The van der Waals surface area contributed by atoms with E-state index in [0.29, 0.717) is 6.04 Å². The lowest BCUT2D eigenvalue weighted by atomic mass is 9.91. The zero-order chi connectivity index (χ0) is 15.4.